The van der Waals surface area contributed by atoms with E-state index >= 15 is 0 Å². The van der Waals surface area contributed by atoms with Crippen LogP contribution in [0.15, 0.2) is 54.6 Å². The molecule has 0 bridgehead atoms. The number of benzene rings is 2. The van der Waals surface area contributed by atoms with Gasteiger partial charge in [-0.3, -0.25) is 4.79 Å². The van der Waals surface area contributed by atoms with Gasteiger partial charge < -0.3 is 5.11 Å². The maximum atomic E-state index is 12.9. The number of rotatable bonds is 9. The molecule has 0 radical (unpaired) electrons. The molecular formula is C18H20FNO4S. The van der Waals surface area contributed by atoms with E-state index in [0.717, 1.165) is 5.56 Å². The van der Waals surface area contributed by atoms with E-state index in [-0.39, 0.29) is 18.6 Å². The van der Waals surface area contributed by atoms with Gasteiger partial charge in [0.2, 0.25) is 10.0 Å². The molecule has 0 saturated carbocycles. The third-order valence-corrected chi connectivity index (χ3v) is 5.05. The average Bonchev–Trinajstić information content (AvgIpc) is 2.55. The van der Waals surface area contributed by atoms with Crippen LogP contribution in [0, 0.1) is 5.82 Å². The minimum absolute atomic E-state index is 0.128. The molecule has 0 fully saturated rings. The standard InChI is InChI=1S/C18H20FNO4S/c19-16-8-6-15(7-9-16)13-25(23,24)20-17(10-11-18(21)22)12-14-4-2-1-3-5-14/h1-9,17,20H,10-13H2,(H,21,22). The van der Waals surface area contributed by atoms with Crippen molar-refractivity contribution in [3.8, 4) is 0 Å². The molecule has 25 heavy (non-hydrogen) atoms. The molecule has 2 N–H and O–H groups in total. The van der Waals surface area contributed by atoms with Crippen LogP contribution in [0.1, 0.15) is 24.0 Å². The quantitative estimate of drug-likeness (QED) is 0.716. The summed E-state index contributed by atoms with van der Waals surface area (Å²) in [7, 11) is -3.68. The highest BCUT2D eigenvalue weighted by atomic mass is 32.2. The van der Waals surface area contributed by atoms with E-state index < -0.39 is 27.9 Å². The lowest BCUT2D eigenvalue weighted by Gasteiger charge is -2.18. The largest absolute Gasteiger partial charge is 0.481 e. The van der Waals surface area contributed by atoms with Crippen LogP contribution in [-0.2, 0) is 27.0 Å². The number of carboxylic acids is 1. The van der Waals surface area contributed by atoms with E-state index in [1.165, 1.54) is 24.3 Å². The molecule has 7 heteroatoms. The molecule has 0 aromatic heterocycles. The van der Waals surface area contributed by atoms with Gasteiger partial charge >= 0.3 is 5.97 Å². The summed E-state index contributed by atoms with van der Waals surface area (Å²) in [4.78, 5) is 10.8. The summed E-state index contributed by atoms with van der Waals surface area (Å²) in [6, 6.07) is 14.0. The summed E-state index contributed by atoms with van der Waals surface area (Å²) >= 11 is 0. The predicted octanol–water partition coefficient (Wildman–Crippen LogP) is 2.72. The van der Waals surface area contributed by atoms with Crippen molar-refractivity contribution in [2.45, 2.75) is 31.1 Å². The second kappa shape index (κ2) is 8.73. The minimum atomic E-state index is -3.68. The number of carboxylic acid groups (broad SMARTS) is 1. The van der Waals surface area contributed by atoms with E-state index in [9.17, 15) is 17.6 Å². The van der Waals surface area contributed by atoms with Gasteiger partial charge in [-0.25, -0.2) is 17.5 Å². The molecule has 0 aliphatic heterocycles. The Morgan fingerprint density at radius 1 is 1.04 bits per heavy atom. The lowest BCUT2D eigenvalue weighted by Crippen LogP contribution is -2.37. The molecule has 0 heterocycles. The molecule has 2 aromatic carbocycles. The number of carbonyl (C=O) groups is 1. The van der Waals surface area contributed by atoms with Gasteiger partial charge in [0.25, 0.3) is 0 Å². The SMILES string of the molecule is O=C(O)CCC(Cc1ccccc1)NS(=O)(=O)Cc1ccc(F)cc1. The van der Waals surface area contributed by atoms with E-state index in [0.29, 0.717) is 12.0 Å². The molecule has 2 rings (SSSR count). The molecule has 0 aliphatic rings. The van der Waals surface area contributed by atoms with Gasteiger partial charge in [-0.1, -0.05) is 42.5 Å². The summed E-state index contributed by atoms with van der Waals surface area (Å²) in [5.41, 5.74) is 1.38. The van der Waals surface area contributed by atoms with Gasteiger partial charge in [-0.05, 0) is 36.1 Å². The third kappa shape index (κ3) is 7.03. The lowest BCUT2D eigenvalue weighted by atomic mass is 10.0. The summed E-state index contributed by atoms with van der Waals surface area (Å²) in [5.74, 6) is -1.70. The van der Waals surface area contributed by atoms with Crippen molar-refractivity contribution in [2.24, 2.45) is 0 Å². The Labute approximate surface area is 146 Å². The maximum absolute atomic E-state index is 12.9. The number of hydrogen-bond donors (Lipinski definition) is 2. The predicted molar refractivity (Wildman–Crippen MR) is 93.0 cm³/mol. The van der Waals surface area contributed by atoms with Crippen LogP contribution in [0.2, 0.25) is 0 Å². The first-order chi connectivity index (χ1) is 11.8. The first-order valence-electron chi connectivity index (χ1n) is 7.84. The van der Waals surface area contributed by atoms with Crippen LogP contribution in [0.25, 0.3) is 0 Å². The Bertz CT molecular complexity index is 792. The average molecular weight is 365 g/mol. The van der Waals surface area contributed by atoms with Gasteiger partial charge in [-0.2, -0.15) is 0 Å². The molecule has 0 amide bonds. The summed E-state index contributed by atoms with van der Waals surface area (Å²) < 4.78 is 40.3. The molecular weight excluding hydrogens is 345 g/mol. The lowest BCUT2D eigenvalue weighted by molar-refractivity contribution is -0.137. The van der Waals surface area contributed by atoms with Crippen LogP contribution >= 0.6 is 0 Å². The Morgan fingerprint density at radius 2 is 1.68 bits per heavy atom. The Morgan fingerprint density at radius 3 is 2.28 bits per heavy atom. The zero-order chi connectivity index (χ0) is 18.3. The van der Waals surface area contributed by atoms with Crippen LogP contribution in [-0.4, -0.2) is 25.5 Å². The fraction of sp³-hybridized carbons (Fsp3) is 0.278. The minimum Gasteiger partial charge on any atom is -0.481 e. The van der Waals surface area contributed by atoms with Crippen molar-refractivity contribution in [1.82, 2.24) is 4.72 Å². The van der Waals surface area contributed by atoms with Gasteiger partial charge in [0.15, 0.2) is 0 Å². The highest BCUT2D eigenvalue weighted by molar-refractivity contribution is 7.88. The van der Waals surface area contributed by atoms with Crippen molar-refractivity contribution in [3.63, 3.8) is 0 Å². The van der Waals surface area contributed by atoms with Gasteiger partial charge in [-0.15, -0.1) is 0 Å². The van der Waals surface area contributed by atoms with Gasteiger partial charge in [0, 0.05) is 12.5 Å². The summed E-state index contributed by atoms with van der Waals surface area (Å²) in [6.45, 7) is 0. The van der Waals surface area contributed by atoms with Crippen molar-refractivity contribution < 1.29 is 22.7 Å². The fourth-order valence-electron chi connectivity index (χ4n) is 2.49. The topological polar surface area (TPSA) is 83.5 Å². The maximum Gasteiger partial charge on any atom is 0.303 e. The monoisotopic (exact) mass is 365 g/mol. The molecule has 2 aromatic rings. The second-order valence-corrected chi connectivity index (χ2v) is 7.58. The molecule has 0 spiro atoms. The number of halogens is 1. The highest BCUT2D eigenvalue weighted by Gasteiger charge is 2.20. The first-order valence-corrected chi connectivity index (χ1v) is 9.49. The Kier molecular flexibility index (Phi) is 6.66. The van der Waals surface area contributed by atoms with Crippen molar-refractivity contribution in [1.29, 1.82) is 0 Å². The van der Waals surface area contributed by atoms with Crippen molar-refractivity contribution in [3.05, 3.63) is 71.5 Å². The van der Waals surface area contributed by atoms with Crippen LogP contribution in [0.3, 0.4) is 0 Å². The highest BCUT2D eigenvalue weighted by Crippen LogP contribution is 2.12. The summed E-state index contributed by atoms with van der Waals surface area (Å²) in [6.07, 6.45) is 0.459. The number of aliphatic carboxylic acids is 1. The molecule has 5 nitrogen and oxygen atoms in total. The van der Waals surface area contributed by atoms with Crippen molar-refractivity contribution in [2.75, 3.05) is 0 Å². The third-order valence-electron chi connectivity index (χ3n) is 3.65. The Hall–Kier alpha value is -2.25. The van der Waals surface area contributed by atoms with E-state index in [1.807, 2.05) is 30.3 Å². The number of hydrogen-bond acceptors (Lipinski definition) is 3. The molecule has 1 atom stereocenters. The van der Waals surface area contributed by atoms with Crippen LogP contribution < -0.4 is 4.72 Å². The van der Waals surface area contributed by atoms with E-state index in [4.69, 9.17) is 5.11 Å². The Balaban J connectivity index is 2.07. The van der Waals surface area contributed by atoms with Crippen LogP contribution in [0.5, 0.6) is 0 Å². The normalized spacial score (nSPS) is 12.7. The molecule has 0 aliphatic carbocycles. The number of sulfonamides is 1. The van der Waals surface area contributed by atoms with E-state index in [1.54, 1.807) is 0 Å². The zero-order valence-electron chi connectivity index (χ0n) is 13.6. The van der Waals surface area contributed by atoms with Crippen molar-refractivity contribution >= 4 is 16.0 Å². The van der Waals surface area contributed by atoms with E-state index in [2.05, 4.69) is 4.72 Å². The molecule has 0 saturated heterocycles. The summed E-state index contributed by atoms with van der Waals surface area (Å²) in [5, 5.41) is 8.88. The fourth-order valence-corrected chi connectivity index (χ4v) is 3.92. The number of nitrogens with one attached hydrogen (secondary N) is 1. The molecule has 1 unspecified atom stereocenters. The second-order valence-electron chi connectivity index (χ2n) is 5.82. The zero-order valence-corrected chi connectivity index (χ0v) is 14.4. The smallest absolute Gasteiger partial charge is 0.303 e. The first kappa shape index (κ1) is 19.1. The van der Waals surface area contributed by atoms with Gasteiger partial charge in [0.1, 0.15) is 5.82 Å². The van der Waals surface area contributed by atoms with Gasteiger partial charge in [0.05, 0.1) is 5.75 Å². The van der Waals surface area contributed by atoms with Crippen LogP contribution in [0.4, 0.5) is 4.39 Å². The molecule has 134 valence electrons.